The zero-order valence-corrected chi connectivity index (χ0v) is 23.6. The topological polar surface area (TPSA) is 269 Å². The van der Waals surface area contributed by atoms with E-state index in [1.165, 1.54) is 6.92 Å². The van der Waals surface area contributed by atoms with E-state index in [2.05, 4.69) is 12.6 Å². The van der Waals surface area contributed by atoms with Crippen LogP contribution < -0.4 is 0 Å². The van der Waals surface area contributed by atoms with Crippen molar-refractivity contribution in [3.8, 4) is 0 Å². The van der Waals surface area contributed by atoms with Gasteiger partial charge in [0.05, 0.1) is 19.3 Å². The molecule has 2 saturated heterocycles. The first-order valence-corrected chi connectivity index (χ1v) is 14.2. The van der Waals surface area contributed by atoms with E-state index in [1.54, 1.807) is 0 Å². The van der Waals surface area contributed by atoms with E-state index in [0.29, 0.717) is 12.2 Å². The highest BCUT2D eigenvalue weighted by Gasteiger charge is 2.52. The lowest BCUT2D eigenvalue weighted by Crippen LogP contribution is -2.65. The second kappa shape index (κ2) is 17.9. The molecule has 0 saturated carbocycles. The standard InChI is InChI=1S/C24H46O16S/c1-10(7-25)13(28)17(32)20(22(35)36-5-3-2-4-6-41)39-24-21(18(33)15(30)12(9-27)38-24)40-23-19(34)16(31)14(29)11(8-26)37-23/h10-35,41H,2-9H2,1H3. The van der Waals surface area contributed by atoms with Gasteiger partial charge in [-0.15, -0.1) is 0 Å². The quantitative estimate of drug-likeness (QED) is 0.0410. The van der Waals surface area contributed by atoms with Gasteiger partial charge in [-0.2, -0.15) is 12.6 Å². The maximum Gasteiger partial charge on any atom is 0.187 e. The van der Waals surface area contributed by atoms with Gasteiger partial charge in [-0.25, -0.2) is 0 Å². The van der Waals surface area contributed by atoms with Crippen LogP contribution in [0.25, 0.3) is 0 Å². The number of thiol groups is 1. The van der Waals surface area contributed by atoms with Gasteiger partial charge in [0.25, 0.3) is 0 Å². The summed E-state index contributed by atoms with van der Waals surface area (Å²) in [5.74, 6) is -0.238. The lowest BCUT2D eigenvalue weighted by atomic mass is 9.95. The Balaban J connectivity index is 2.33. The maximum absolute atomic E-state index is 10.9. The molecule has 0 spiro atoms. The van der Waals surface area contributed by atoms with E-state index < -0.39 is 112 Å². The zero-order valence-electron chi connectivity index (χ0n) is 22.7. The van der Waals surface area contributed by atoms with E-state index in [1.807, 2.05) is 0 Å². The number of ether oxygens (including phenoxy) is 5. The van der Waals surface area contributed by atoms with Gasteiger partial charge in [-0.05, 0) is 18.6 Å². The van der Waals surface area contributed by atoms with Gasteiger partial charge in [0.2, 0.25) is 0 Å². The fraction of sp³-hybridized carbons (Fsp3) is 1.00. The molecule has 0 amide bonds. The molecule has 0 radical (unpaired) electrons. The molecule has 2 rings (SSSR count). The molecular formula is C24H46O16S. The van der Waals surface area contributed by atoms with Gasteiger partial charge >= 0.3 is 0 Å². The Hall–Kier alpha value is -0.290. The van der Waals surface area contributed by atoms with E-state index in [9.17, 15) is 56.2 Å². The van der Waals surface area contributed by atoms with Crippen LogP contribution in [0.1, 0.15) is 26.2 Å². The molecule has 0 bridgehead atoms. The summed E-state index contributed by atoms with van der Waals surface area (Å²) in [5, 5.41) is 113. The van der Waals surface area contributed by atoms with Crippen molar-refractivity contribution in [3.63, 3.8) is 0 Å². The number of unbranched alkanes of at least 4 members (excludes halogenated alkanes) is 2. The van der Waals surface area contributed by atoms with Gasteiger partial charge in [0, 0.05) is 19.1 Å². The van der Waals surface area contributed by atoms with Crippen LogP contribution in [0.4, 0.5) is 0 Å². The van der Waals surface area contributed by atoms with E-state index in [-0.39, 0.29) is 6.61 Å². The molecule has 0 aromatic carbocycles. The molecule has 15 atom stereocenters. The highest BCUT2D eigenvalue weighted by atomic mass is 32.1. The van der Waals surface area contributed by atoms with Crippen LogP contribution >= 0.6 is 12.6 Å². The number of hydrogen-bond acceptors (Lipinski definition) is 17. The minimum atomic E-state index is -1.91. The Kier molecular flexibility index (Phi) is 16.1. The number of rotatable bonds is 17. The predicted molar refractivity (Wildman–Crippen MR) is 139 cm³/mol. The number of aliphatic hydroxyl groups excluding tert-OH is 11. The Morgan fingerprint density at radius 3 is 1.88 bits per heavy atom. The smallest absolute Gasteiger partial charge is 0.187 e. The molecule has 15 unspecified atom stereocenters. The largest absolute Gasteiger partial charge is 0.396 e. The van der Waals surface area contributed by atoms with Crippen LogP contribution in [0.5, 0.6) is 0 Å². The summed E-state index contributed by atoms with van der Waals surface area (Å²) in [5.41, 5.74) is 0. The van der Waals surface area contributed by atoms with Gasteiger partial charge in [-0.1, -0.05) is 13.3 Å². The average molecular weight is 623 g/mol. The fourth-order valence-electron chi connectivity index (χ4n) is 4.45. The van der Waals surface area contributed by atoms with Crippen molar-refractivity contribution in [1.82, 2.24) is 0 Å². The van der Waals surface area contributed by atoms with E-state index in [4.69, 9.17) is 23.7 Å². The van der Waals surface area contributed by atoms with Gasteiger partial charge in [0.1, 0.15) is 61.0 Å². The SMILES string of the molecule is CC(CO)C(O)C(O)C(OC1OC(CO)C(O)C(O)C1OC1OC(CO)C(O)C(O)C1O)C(O)OCCCCCS. The normalized spacial score (nSPS) is 38.3. The summed E-state index contributed by atoms with van der Waals surface area (Å²) in [6.45, 7) is -0.696. The predicted octanol–water partition coefficient (Wildman–Crippen LogP) is -5.22. The summed E-state index contributed by atoms with van der Waals surface area (Å²) >= 11 is 4.12. The first-order chi connectivity index (χ1) is 19.4. The minimum Gasteiger partial charge on any atom is -0.396 e. The average Bonchev–Trinajstić information content (AvgIpc) is 2.97. The molecule has 0 aliphatic carbocycles. The van der Waals surface area contributed by atoms with Crippen LogP contribution in [0.2, 0.25) is 0 Å². The molecular weight excluding hydrogens is 576 g/mol. The molecule has 11 N–H and O–H groups in total. The van der Waals surface area contributed by atoms with Crippen molar-refractivity contribution in [2.75, 3.05) is 32.2 Å². The molecule has 2 fully saturated rings. The van der Waals surface area contributed by atoms with Gasteiger partial charge < -0.3 is 79.9 Å². The molecule has 2 aliphatic rings. The van der Waals surface area contributed by atoms with Crippen LogP contribution in [0.3, 0.4) is 0 Å². The molecule has 2 heterocycles. The molecule has 2 aliphatic heterocycles. The first kappa shape index (κ1) is 36.9. The van der Waals surface area contributed by atoms with Crippen LogP contribution in [-0.2, 0) is 23.7 Å². The minimum absolute atomic E-state index is 0.0180. The van der Waals surface area contributed by atoms with E-state index >= 15 is 0 Å². The second-order valence-corrected chi connectivity index (χ2v) is 10.7. The Bertz CT molecular complexity index is 723. The van der Waals surface area contributed by atoms with Crippen LogP contribution in [0.15, 0.2) is 0 Å². The molecule has 0 aromatic heterocycles. The van der Waals surface area contributed by atoms with Crippen LogP contribution in [0, 0.1) is 5.92 Å². The lowest BCUT2D eigenvalue weighted by molar-refractivity contribution is -0.382. The maximum atomic E-state index is 10.9. The molecule has 17 heteroatoms. The number of hydrogen-bond donors (Lipinski definition) is 12. The van der Waals surface area contributed by atoms with Crippen molar-refractivity contribution in [1.29, 1.82) is 0 Å². The monoisotopic (exact) mass is 622 g/mol. The lowest BCUT2D eigenvalue weighted by Gasteiger charge is -2.47. The third-order valence-corrected chi connectivity index (χ3v) is 7.50. The summed E-state index contributed by atoms with van der Waals surface area (Å²) < 4.78 is 27.6. The zero-order chi connectivity index (χ0) is 30.9. The highest BCUT2D eigenvalue weighted by molar-refractivity contribution is 7.80. The highest BCUT2D eigenvalue weighted by Crippen LogP contribution is 2.31. The van der Waals surface area contributed by atoms with Gasteiger partial charge in [-0.3, -0.25) is 0 Å². The summed E-state index contributed by atoms with van der Waals surface area (Å²) in [6.07, 6.45) is -22.7. The summed E-state index contributed by atoms with van der Waals surface area (Å²) in [6, 6.07) is 0. The van der Waals surface area contributed by atoms with Crippen molar-refractivity contribution < 1.29 is 79.9 Å². The van der Waals surface area contributed by atoms with Crippen molar-refractivity contribution in [2.24, 2.45) is 5.92 Å². The van der Waals surface area contributed by atoms with Crippen molar-refractivity contribution in [2.45, 2.75) is 112 Å². The Labute approximate surface area is 243 Å². The third-order valence-electron chi connectivity index (χ3n) is 7.19. The van der Waals surface area contributed by atoms with Crippen LogP contribution in [-0.4, -0.2) is 174 Å². The molecule has 244 valence electrons. The van der Waals surface area contributed by atoms with Crippen molar-refractivity contribution in [3.05, 3.63) is 0 Å². The van der Waals surface area contributed by atoms with E-state index in [0.717, 1.165) is 12.8 Å². The van der Waals surface area contributed by atoms with Gasteiger partial charge in [0.15, 0.2) is 18.9 Å². The molecule has 41 heavy (non-hydrogen) atoms. The summed E-state index contributed by atoms with van der Waals surface area (Å²) in [4.78, 5) is 0. The number of aliphatic hydroxyl groups is 11. The first-order valence-electron chi connectivity index (χ1n) is 13.5. The molecule has 0 aromatic rings. The Morgan fingerprint density at radius 2 is 1.32 bits per heavy atom. The third kappa shape index (κ3) is 9.60. The Morgan fingerprint density at radius 1 is 0.732 bits per heavy atom. The summed E-state index contributed by atoms with van der Waals surface area (Å²) in [7, 11) is 0. The second-order valence-electron chi connectivity index (χ2n) is 10.3. The van der Waals surface area contributed by atoms with Crippen molar-refractivity contribution >= 4 is 12.6 Å². The fourth-order valence-corrected chi connectivity index (χ4v) is 4.67. The molecule has 16 nitrogen and oxygen atoms in total.